The van der Waals surface area contributed by atoms with Crippen LogP contribution in [0.3, 0.4) is 0 Å². The highest BCUT2D eigenvalue weighted by Gasteiger charge is 2.23. The number of carbonyl (C=O) groups excluding carboxylic acids is 1. The zero-order valence-corrected chi connectivity index (χ0v) is 12.3. The van der Waals surface area contributed by atoms with Gasteiger partial charge in [-0.2, -0.15) is 0 Å². The number of nitrogens with zero attached hydrogens (tertiary/aromatic N) is 2. The molecular weight excluding hydrogens is 281 g/mol. The number of nitrogens with one attached hydrogen (secondary N) is 1. The van der Waals surface area contributed by atoms with Crippen LogP contribution in [0.1, 0.15) is 22.3 Å². The van der Waals surface area contributed by atoms with Crippen LogP contribution in [0, 0.1) is 6.92 Å². The van der Waals surface area contributed by atoms with Gasteiger partial charge in [-0.25, -0.2) is 4.98 Å². The van der Waals surface area contributed by atoms with Gasteiger partial charge in [-0.1, -0.05) is 0 Å². The van der Waals surface area contributed by atoms with Crippen molar-refractivity contribution in [2.24, 2.45) is 0 Å². The maximum Gasteiger partial charge on any atom is 0.265 e. The molecule has 1 aliphatic heterocycles. The van der Waals surface area contributed by atoms with Crippen molar-refractivity contribution in [1.29, 1.82) is 0 Å². The number of hydrogen-bond acceptors (Lipinski definition) is 4. The Morgan fingerprint density at radius 1 is 1.59 bits per heavy atom. The van der Waals surface area contributed by atoms with Crippen molar-refractivity contribution in [3.05, 3.63) is 16.1 Å². The quantitative estimate of drug-likeness (QED) is 0.859. The van der Waals surface area contributed by atoms with E-state index in [-0.39, 0.29) is 30.7 Å². The number of hydrogen-bond donors (Lipinski definition) is 1. The molecule has 1 aromatic heterocycles. The maximum absolute atomic E-state index is 12.1. The summed E-state index contributed by atoms with van der Waals surface area (Å²) >= 11 is 1.43. The monoisotopic (exact) mass is 297 g/mol. The largest absolute Gasteiger partial charge is 0.335 e. The molecule has 1 atom stereocenters. The Morgan fingerprint density at radius 3 is 2.82 bits per heavy atom. The maximum atomic E-state index is 12.1. The first-order chi connectivity index (χ1) is 7.18. The van der Waals surface area contributed by atoms with Crippen LogP contribution in [0.2, 0.25) is 0 Å². The topological polar surface area (TPSA) is 45.2 Å². The summed E-state index contributed by atoms with van der Waals surface area (Å²) in [6, 6.07) is 0.385. The third kappa shape index (κ3) is 3.81. The molecule has 1 saturated heterocycles. The van der Waals surface area contributed by atoms with Crippen molar-refractivity contribution in [3.8, 4) is 0 Å². The van der Waals surface area contributed by atoms with Crippen molar-refractivity contribution in [2.45, 2.75) is 19.9 Å². The summed E-state index contributed by atoms with van der Waals surface area (Å²) in [6.45, 7) is 6.44. The summed E-state index contributed by atoms with van der Waals surface area (Å²) in [5, 5.41) is 3.32. The molecule has 0 aromatic carbocycles. The van der Waals surface area contributed by atoms with Crippen molar-refractivity contribution in [1.82, 2.24) is 15.2 Å². The van der Waals surface area contributed by atoms with E-state index < -0.39 is 0 Å². The van der Waals surface area contributed by atoms with E-state index in [1.165, 1.54) is 11.3 Å². The molecule has 1 N–H and O–H groups in total. The van der Waals surface area contributed by atoms with Gasteiger partial charge < -0.3 is 10.2 Å². The van der Waals surface area contributed by atoms with Crippen LogP contribution in [0.4, 0.5) is 0 Å². The van der Waals surface area contributed by atoms with E-state index in [0.29, 0.717) is 6.04 Å². The average Bonchev–Trinajstić information content (AvgIpc) is 2.63. The van der Waals surface area contributed by atoms with Crippen molar-refractivity contribution in [3.63, 3.8) is 0 Å². The Hall–Kier alpha value is -0.360. The average molecular weight is 298 g/mol. The SMILES string of the molecule is Cc1ncsc1C(=O)N1CCN[C@@H](C)C1.Cl.Cl. The van der Waals surface area contributed by atoms with E-state index in [9.17, 15) is 4.79 Å². The Balaban J connectivity index is 0.00000128. The molecule has 4 nitrogen and oxygen atoms in total. The standard InChI is InChI=1S/C10H15N3OS.2ClH/c1-7-5-13(4-3-11-7)10(14)9-8(2)12-6-15-9;;/h6-7,11H,3-5H2,1-2H3;2*1H/t7-;;/m0../s1. The van der Waals surface area contributed by atoms with Gasteiger partial charge in [0.1, 0.15) is 4.88 Å². The van der Waals surface area contributed by atoms with Crippen LogP contribution in [0.15, 0.2) is 5.51 Å². The first-order valence-electron chi connectivity index (χ1n) is 5.11. The lowest BCUT2D eigenvalue weighted by Crippen LogP contribution is -2.51. The second-order valence-electron chi connectivity index (χ2n) is 3.87. The predicted molar refractivity (Wildman–Crippen MR) is 74.7 cm³/mol. The smallest absolute Gasteiger partial charge is 0.265 e. The molecule has 1 aromatic rings. The van der Waals surface area contributed by atoms with Crippen molar-refractivity contribution in [2.75, 3.05) is 19.6 Å². The van der Waals surface area contributed by atoms with Gasteiger partial charge in [0.15, 0.2) is 0 Å². The first-order valence-corrected chi connectivity index (χ1v) is 5.99. The molecule has 2 rings (SSSR count). The third-order valence-electron chi connectivity index (χ3n) is 2.60. The Bertz CT molecular complexity index is 372. The molecule has 1 amide bonds. The summed E-state index contributed by atoms with van der Waals surface area (Å²) in [5.41, 5.74) is 2.57. The lowest BCUT2D eigenvalue weighted by molar-refractivity contribution is 0.0713. The third-order valence-corrected chi connectivity index (χ3v) is 3.51. The number of aryl methyl sites for hydroxylation is 1. The van der Waals surface area contributed by atoms with Crippen LogP contribution < -0.4 is 5.32 Å². The van der Waals surface area contributed by atoms with Crippen LogP contribution in [-0.4, -0.2) is 41.5 Å². The van der Waals surface area contributed by atoms with Crippen LogP contribution in [0.5, 0.6) is 0 Å². The molecular formula is C10H17Cl2N3OS. The zero-order valence-electron chi connectivity index (χ0n) is 9.80. The van der Waals surface area contributed by atoms with E-state index in [4.69, 9.17) is 0 Å². The van der Waals surface area contributed by atoms with E-state index in [2.05, 4.69) is 17.2 Å². The summed E-state index contributed by atoms with van der Waals surface area (Å²) in [7, 11) is 0. The number of piperazine rings is 1. The van der Waals surface area contributed by atoms with Crippen LogP contribution in [0.25, 0.3) is 0 Å². The van der Waals surface area contributed by atoms with Gasteiger partial charge in [0.05, 0.1) is 11.2 Å². The van der Waals surface area contributed by atoms with E-state index in [1.807, 2.05) is 11.8 Å². The fourth-order valence-corrected chi connectivity index (χ4v) is 2.54. The Kier molecular flexibility index (Phi) is 7.01. The Morgan fingerprint density at radius 2 is 2.29 bits per heavy atom. The van der Waals surface area contributed by atoms with Gasteiger partial charge in [-0.3, -0.25) is 4.79 Å². The minimum absolute atomic E-state index is 0. The summed E-state index contributed by atoms with van der Waals surface area (Å²) < 4.78 is 0. The number of halogens is 2. The van der Waals surface area contributed by atoms with Gasteiger partial charge >= 0.3 is 0 Å². The summed E-state index contributed by atoms with van der Waals surface area (Å²) in [4.78, 5) is 18.9. The van der Waals surface area contributed by atoms with Crippen molar-refractivity contribution < 1.29 is 4.79 Å². The number of aromatic nitrogens is 1. The highest BCUT2D eigenvalue weighted by molar-refractivity contribution is 7.11. The highest BCUT2D eigenvalue weighted by Crippen LogP contribution is 2.15. The molecule has 0 radical (unpaired) electrons. The van der Waals surface area contributed by atoms with Gasteiger partial charge in [-0.15, -0.1) is 36.2 Å². The zero-order chi connectivity index (χ0) is 10.8. The normalized spacial score (nSPS) is 19.2. The molecule has 0 saturated carbocycles. The van der Waals surface area contributed by atoms with Crippen LogP contribution >= 0.6 is 36.2 Å². The predicted octanol–water partition coefficient (Wildman–Crippen LogP) is 1.73. The molecule has 1 fully saturated rings. The second kappa shape index (κ2) is 7.16. The van der Waals surface area contributed by atoms with E-state index >= 15 is 0 Å². The number of rotatable bonds is 1. The second-order valence-corrected chi connectivity index (χ2v) is 4.73. The lowest BCUT2D eigenvalue weighted by Gasteiger charge is -2.31. The van der Waals surface area contributed by atoms with Crippen molar-refractivity contribution >= 4 is 42.1 Å². The lowest BCUT2D eigenvalue weighted by atomic mass is 10.2. The van der Waals surface area contributed by atoms with Gasteiger partial charge in [0, 0.05) is 25.7 Å². The molecule has 7 heteroatoms. The van der Waals surface area contributed by atoms with Crippen LogP contribution in [-0.2, 0) is 0 Å². The molecule has 0 bridgehead atoms. The number of amides is 1. The molecule has 17 heavy (non-hydrogen) atoms. The minimum Gasteiger partial charge on any atom is -0.335 e. The van der Waals surface area contributed by atoms with Gasteiger partial charge in [-0.05, 0) is 13.8 Å². The molecule has 98 valence electrons. The Labute approximate surface area is 118 Å². The molecule has 0 spiro atoms. The highest BCUT2D eigenvalue weighted by atomic mass is 35.5. The molecule has 1 aliphatic rings. The number of thiazole rings is 1. The first kappa shape index (κ1) is 16.6. The summed E-state index contributed by atoms with van der Waals surface area (Å²) in [5.74, 6) is 0.128. The summed E-state index contributed by atoms with van der Waals surface area (Å²) in [6.07, 6.45) is 0. The molecule has 0 aliphatic carbocycles. The number of carbonyl (C=O) groups is 1. The fraction of sp³-hybridized carbons (Fsp3) is 0.600. The molecule has 0 unspecified atom stereocenters. The van der Waals surface area contributed by atoms with Gasteiger partial charge in [0.25, 0.3) is 5.91 Å². The van der Waals surface area contributed by atoms with E-state index in [0.717, 1.165) is 30.2 Å². The van der Waals surface area contributed by atoms with Gasteiger partial charge in [0.2, 0.25) is 0 Å². The fourth-order valence-electron chi connectivity index (χ4n) is 1.77. The van der Waals surface area contributed by atoms with E-state index in [1.54, 1.807) is 5.51 Å². The molecule has 2 heterocycles. The minimum atomic E-state index is 0.